The molecule has 0 aromatic heterocycles. The average molecular weight is 294 g/mol. The number of allylic oxidation sites excluding steroid dienone is 3. The molecule has 0 N–H and O–H groups in total. The first-order chi connectivity index (χ1) is 11.3. The third-order valence-corrected chi connectivity index (χ3v) is 5.40. The molecule has 0 saturated heterocycles. The Labute approximate surface area is 136 Å². The van der Waals surface area contributed by atoms with Crippen molar-refractivity contribution in [3.05, 3.63) is 94.6 Å². The Kier molecular flexibility index (Phi) is 2.63. The fourth-order valence-corrected chi connectivity index (χ4v) is 4.27. The fourth-order valence-electron chi connectivity index (χ4n) is 4.27. The number of fused-ring (bicyclic) bond motifs is 1. The van der Waals surface area contributed by atoms with E-state index in [-0.39, 0.29) is 0 Å². The van der Waals surface area contributed by atoms with E-state index in [1.54, 1.807) is 0 Å². The quantitative estimate of drug-likeness (QED) is 0.478. The van der Waals surface area contributed by atoms with Gasteiger partial charge in [0.1, 0.15) is 0 Å². The molecule has 0 spiro atoms. The van der Waals surface area contributed by atoms with Crippen LogP contribution in [0.5, 0.6) is 0 Å². The van der Waals surface area contributed by atoms with Gasteiger partial charge >= 0.3 is 0 Å². The molecule has 23 heavy (non-hydrogen) atoms. The third kappa shape index (κ3) is 1.78. The first-order valence-corrected chi connectivity index (χ1v) is 8.34. The first-order valence-electron chi connectivity index (χ1n) is 8.34. The lowest BCUT2D eigenvalue weighted by Crippen LogP contribution is -2.05. The number of benzene rings is 3. The van der Waals surface area contributed by atoms with Crippen LogP contribution < -0.4 is 0 Å². The zero-order chi connectivity index (χ0) is 15.4. The molecule has 3 aromatic carbocycles. The highest BCUT2D eigenvalue weighted by molar-refractivity contribution is 6.03. The minimum Gasteiger partial charge on any atom is -0.0619 e. The summed E-state index contributed by atoms with van der Waals surface area (Å²) >= 11 is 0. The average Bonchev–Trinajstić information content (AvgIpc) is 2.97. The molecule has 110 valence electrons. The zero-order valence-electron chi connectivity index (χ0n) is 13.2. The van der Waals surface area contributed by atoms with Crippen LogP contribution in [0, 0.1) is 0 Å². The molecule has 0 amide bonds. The lowest BCUT2D eigenvalue weighted by Gasteiger charge is -2.23. The maximum atomic E-state index is 2.34. The van der Waals surface area contributed by atoms with Crippen LogP contribution in [0.25, 0.3) is 22.4 Å². The predicted molar refractivity (Wildman–Crippen MR) is 98.5 cm³/mol. The smallest absolute Gasteiger partial charge is 0.00700 e. The van der Waals surface area contributed by atoms with E-state index in [4.69, 9.17) is 0 Å². The zero-order valence-corrected chi connectivity index (χ0v) is 13.2. The summed E-state index contributed by atoms with van der Waals surface area (Å²) in [6, 6.07) is 22.2. The number of hydrogen-bond acceptors (Lipinski definition) is 0. The van der Waals surface area contributed by atoms with Crippen molar-refractivity contribution < 1.29 is 0 Å². The Morgan fingerprint density at radius 3 is 2.57 bits per heavy atom. The van der Waals surface area contributed by atoms with Crippen LogP contribution in [-0.4, -0.2) is 0 Å². The predicted octanol–water partition coefficient (Wildman–Crippen LogP) is 5.98. The van der Waals surface area contributed by atoms with Gasteiger partial charge in [-0.05, 0) is 50.6 Å². The third-order valence-electron chi connectivity index (χ3n) is 5.40. The Balaban J connectivity index is 1.76. The fraction of sp³-hybridized carbons (Fsp3) is 0.130. The lowest BCUT2D eigenvalue weighted by atomic mass is 9.81. The van der Waals surface area contributed by atoms with Gasteiger partial charge in [-0.3, -0.25) is 0 Å². The van der Waals surface area contributed by atoms with Gasteiger partial charge in [-0.2, -0.15) is 0 Å². The van der Waals surface area contributed by atoms with E-state index in [0.29, 0.717) is 5.92 Å². The summed E-state index contributed by atoms with van der Waals surface area (Å²) in [5.41, 5.74) is 8.70. The Morgan fingerprint density at radius 1 is 0.826 bits per heavy atom. The first kappa shape index (κ1) is 12.9. The van der Waals surface area contributed by atoms with E-state index < -0.39 is 0 Å². The van der Waals surface area contributed by atoms with Crippen LogP contribution in [0.4, 0.5) is 0 Å². The summed E-state index contributed by atoms with van der Waals surface area (Å²) in [5, 5.41) is 2.82. The molecule has 3 aromatic rings. The van der Waals surface area contributed by atoms with Gasteiger partial charge in [0.05, 0.1) is 0 Å². The second-order valence-corrected chi connectivity index (χ2v) is 6.62. The van der Waals surface area contributed by atoms with Gasteiger partial charge in [-0.1, -0.05) is 79.7 Å². The van der Waals surface area contributed by atoms with E-state index >= 15 is 0 Å². The van der Waals surface area contributed by atoms with Gasteiger partial charge in [0, 0.05) is 5.92 Å². The van der Waals surface area contributed by atoms with Gasteiger partial charge in [-0.15, -0.1) is 0 Å². The molecule has 0 bridgehead atoms. The normalized spacial score (nSPS) is 21.7. The molecular weight excluding hydrogens is 276 g/mol. The van der Waals surface area contributed by atoms with Gasteiger partial charge in [0.25, 0.3) is 0 Å². The minimum atomic E-state index is 0.454. The molecule has 0 heteroatoms. The Hall–Kier alpha value is -2.60. The van der Waals surface area contributed by atoms with Crippen molar-refractivity contribution in [3.8, 4) is 0 Å². The number of hydrogen-bond donors (Lipinski definition) is 0. The summed E-state index contributed by atoms with van der Waals surface area (Å²) in [4.78, 5) is 0. The van der Waals surface area contributed by atoms with Crippen molar-refractivity contribution in [2.75, 3.05) is 0 Å². The monoisotopic (exact) mass is 294 g/mol. The summed E-state index contributed by atoms with van der Waals surface area (Å²) in [6.07, 6.45) is 5.68. The molecule has 0 aliphatic heterocycles. The highest BCUT2D eigenvalue weighted by atomic mass is 14.3. The van der Waals surface area contributed by atoms with Crippen molar-refractivity contribution in [2.45, 2.75) is 19.3 Å². The molecule has 1 unspecified atom stereocenters. The van der Waals surface area contributed by atoms with Crippen molar-refractivity contribution >= 4 is 22.4 Å². The Bertz CT molecular complexity index is 996. The van der Waals surface area contributed by atoms with Gasteiger partial charge in [0.2, 0.25) is 0 Å². The second kappa shape index (κ2) is 4.70. The largest absolute Gasteiger partial charge is 0.0619 e. The van der Waals surface area contributed by atoms with E-state index in [1.807, 2.05) is 0 Å². The van der Waals surface area contributed by atoms with E-state index in [0.717, 1.165) is 6.42 Å². The molecule has 0 heterocycles. The molecule has 0 nitrogen and oxygen atoms in total. The summed E-state index contributed by atoms with van der Waals surface area (Å²) in [5.74, 6) is 0.454. The van der Waals surface area contributed by atoms with Crippen LogP contribution in [0.1, 0.15) is 35.1 Å². The molecule has 5 rings (SSSR count). The molecule has 0 fully saturated rings. The SMILES string of the molecule is CC1C(=C2Cc3cccc4cccc2c34)C=Cc2ccccc21. The molecule has 1 atom stereocenters. The topological polar surface area (TPSA) is 0 Å². The highest BCUT2D eigenvalue weighted by Crippen LogP contribution is 2.44. The van der Waals surface area contributed by atoms with Crippen molar-refractivity contribution in [2.24, 2.45) is 0 Å². The van der Waals surface area contributed by atoms with E-state index in [9.17, 15) is 0 Å². The highest BCUT2D eigenvalue weighted by Gasteiger charge is 2.25. The molecule has 2 aliphatic carbocycles. The van der Waals surface area contributed by atoms with Crippen LogP contribution in [0.15, 0.2) is 72.3 Å². The molecular formula is C23H18. The molecule has 0 saturated carbocycles. The molecule has 0 radical (unpaired) electrons. The van der Waals surface area contributed by atoms with Crippen LogP contribution in [-0.2, 0) is 6.42 Å². The second-order valence-electron chi connectivity index (χ2n) is 6.62. The minimum absolute atomic E-state index is 0.454. The van der Waals surface area contributed by atoms with Crippen LogP contribution in [0.3, 0.4) is 0 Å². The van der Waals surface area contributed by atoms with E-state index in [2.05, 4.69) is 79.7 Å². The van der Waals surface area contributed by atoms with Gasteiger partial charge in [0.15, 0.2) is 0 Å². The van der Waals surface area contributed by atoms with E-state index in [1.165, 1.54) is 44.2 Å². The van der Waals surface area contributed by atoms with Crippen molar-refractivity contribution in [1.82, 2.24) is 0 Å². The van der Waals surface area contributed by atoms with Crippen molar-refractivity contribution in [1.29, 1.82) is 0 Å². The van der Waals surface area contributed by atoms with Gasteiger partial charge < -0.3 is 0 Å². The summed E-state index contributed by atoms with van der Waals surface area (Å²) in [6.45, 7) is 2.34. The Morgan fingerprint density at radius 2 is 1.65 bits per heavy atom. The lowest BCUT2D eigenvalue weighted by molar-refractivity contribution is 0.909. The maximum absolute atomic E-state index is 2.34. The standard InChI is InChI=1S/C23H18/c1-15-19-10-3-2-6-16(19)12-13-20(15)22-14-18-9-4-7-17-8-5-11-21(22)23(17)18/h2-13,15H,14H2,1H3. The molecule has 2 aliphatic rings. The van der Waals surface area contributed by atoms with Crippen LogP contribution >= 0.6 is 0 Å². The van der Waals surface area contributed by atoms with Crippen LogP contribution in [0.2, 0.25) is 0 Å². The summed E-state index contributed by atoms with van der Waals surface area (Å²) in [7, 11) is 0. The number of rotatable bonds is 0. The van der Waals surface area contributed by atoms with Crippen molar-refractivity contribution in [3.63, 3.8) is 0 Å². The van der Waals surface area contributed by atoms with Gasteiger partial charge in [-0.25, -0.2) is 0 Å². The summed E-state index contributed by atoms with van der Waals surface area (Å²) < 4.78 is 0. The maximum Gasteiger partial charge on any atom is 0.00700 e.